The molecule has 0 aromatic heterocycles. The fourth-order valence-electron chi connectivity index (χ4n) is 2.69. The number of carbonyl (C=O) groups is 2. The molecule has 0 heterocycles. The van der Waals surface area contributed by atoms with Gasteiger partial charge in [-0.3, -0.25) is 9.59 Å². The van der Waals surface area contributed by atoms with Gasteiger partial charge in [-0.05, 0) is 30.7 Å². The lowest BCUT2D eigenvalue weighted by Gasteiger charge is -2.11. The molecule has 1 aliphatic carbocycles. The van der Waals surface area contributed by atoms with Crippen LogP contribution < -0.4 is 20.1 Å². The summed E-state index contributed by atoms with van der Waals surface area (Å²) in [7, 11) is 3.07. The Kier molecular flexibility index (Phi) is 5.32. The van der Waals surface area contributed by atoms with Crippen LogP contribution >= 0.6 is 11.6 Å². The van der Waals surface area contributed by atoms with E-state index in [-0.39, 0.29) is 23.7 Å². The summed E-state index contributed by atoms with van der Waals surface area (Å²) in [5, 5.41) is 6.04. The van der Waals surface area contributed by atoms with E-state index in [1.54, 1.807) is 49.6 Å². The maximum absolute atomic E-state index is 12.4. The van der Waals surface area contributed by atoms with Crippen LogP contribution in [0.3, 0.4) is 0 Å². The van der Waals surface area contributed by atoms with Gasteiger partial charge in [0, 0.05) is 6.07 Å². The Morgan fingerprint density at radius 2 is 1.62 bits per heavy atom. The minimum atomic E-state index is -0.371. The molecule has 6 nitrogen and oxygen atoms in total. The topological polar surface area (TPSA) is 76.7 Å². The first-order valence-electron chi connectivity index (χ1n) is 8.11. The Morgan fingerprint density at radius 1 is 0.962 bits per heavy atom. The first kappa shape index (κ1) is 18.1. The summed E-state index contributed by atoms with van der Waals surface area (Å²) in [6.07, 6.45) is 0.501. The lowest BCUT2D eigenvalue weighted by Crippen LogP contribution is -2.21. The Morgan fingerprint density at radius 3 is 2.23 bits per heavy atom. The van der Waals surface area contributed by atoms with Crippen molar-refractivity contribution in [3.8, 4) is 11.5 Å². The van der Waals surface area contributed by atoms with Gasteiger partial charge >= 0.3 is 0 Å². The molecule has 0 saturated heterocycles. The Labute approximate surface area is 156 Å². The van der Waals surface area contributed by atoms with Crippen LogP contribution in [0.1, 0.15) is 6.42 Å². The van der Waals surface area contributed by atoms with Crippen molar-refractivity contribution in [1.82, 2.24) is 0 Å². The third kappa shape index (κ3) is 3.91. The zero-order chi connectivity index (χ0) is 18.7. The molecule has 1 saturated carbocycles. The minimum absolute atomic E-state index is 0.208. The van der Waals surface area contributed by atoms with Gasteiger partial charge in [0.25, 0.3) is 0 Å². The molecule has 0 radical (unpaired) electrons. The van der Waals surface area contributed by atoms with Crippen LogP contribution in [-0.4, -0.2) is 26.0 Å². The Bertz CT molecular complexity index is 840. The van der Waals surface area contributed by atoms with Crippen molar-refractivity contribution in [2.45, 2.75) is 6.42 Å². The number of hydrogen-bond acceptors (Lipinski definition) is 4. The number of methoxy groups -OCH3 is 2. The van der Waals surface area contributed by atoms with Crippen molar-refractivity contribution in [2.24, 2.45) is 11.8 Å². The maximum Gasteiger partial charge on any atom is 0.228 e. The summed E-state index contributed by atoms with van der Waals surface area (Å²) in [5.41, 5.74) is 1.08. The van der Waals surface area contributed by atoms with Gasteiger partial charge in [0.05, 0.1) is 42.5 Å². The average Bonchev–Trinajstić information content (AvgIpc) is 3.45. The molecular weight excluding hydrogens is 356 g/mol. The second-order valence-corrected chi connectivity index (χ2v) is 6.38. The smallest absolute Gasteiger partial charge is 0.228 e. The van der Waals surface area contributed by atoms with Crippen molar-refractivity contribution in [3.05, 3.63) is 47.5 Å². The normalized spacial score (nSPS) is 18.0. The molecule has 0 aliphatic heterocycles. The first-order chi connectivity index (χ1) is 12.5. The van der Waals surface area contributed by atoms with Crippen LogP contribution in [0.5, 0.6) is 11.5 Å². The SMILES string of the molecule is COc1ccc(NC(=O)C2CC2C(=O)Nc2ccccc2Cl)c(OC)c1. The van der Waals surface area contributed by atoms with E-state index < -0.39 is 0 Å². The quantitative estimate of drug-likeness (QED) is 0.810. The molecule has 136 valence electrons. The zero-order valence-electron chi connectivity index (χ0n) is 14.4. The van der Waals surface area contributed by atoms with Gasteiger partial charge in [-0.15, -0.1) is 0 Å². The van der Waals surface area contributed by atoms with Crippen molar-refractivity contribution in [3.63, 3.8) is 0 Å². The molecule has 2 N–H and O–H groups in total. The number of anilines is 2. The highest BCUT2D eigenvalue weighted by molar-refractivity contribution is 6.33. The number of hydrogen-bond donors (Lipinski definition) is 2. The van der Waals surface area contributed by atoms with E-state index in [1.807, 2.05) is 0 Å². The fourth-order valence-corrected chi connectivity index (χ4v) is 2.87. The second kappa shape index (κ2) is 7.66. The van der Waals surface area contributed by atoms with Crippen molar-refractivity contribution in [1.29, 1.82) is 0 Å². The molecule has 3 rings (SSSR count). The van der Waals surface area contributed by atoms with Crippen LogP contribution in [0.2, 0.25) is 5.02 Å². The molecule has 0 bridgehead atoms. The van der Waals surface area contributed by atoms with E-state index in [1.165, 1.54) is 7.11 Å². The number of nitrogens with one attached hydrogen (secondary N) is 2. The number of rotatable bonds is 6. The lowest BCUT2D eigenvalue weighted by molar-refractivity contribution is -0.122. The monoisotopic (exact) mass is 374 g/mol. The van der Waals surface area contributed by atoms with Crippen LogP contribution in [0.25, 0.3) is 0 Å². The summed E-state index contributed by atoms with van der Waals surface area (Å²) in [5.74, 6) is -0.0359. The van der Waals surface area contributed by atoms with Gasteiger partial charge in [-0.2, -0.15) is 0 Å². The van der Waals surface area contributed by atoms with Gasteiger partial charge in [-0.1, -0.05) is 23.7 Å². The van der Waals surface area contributed by atoms with Crippen LogP contribution in [0.4, 0.5) is 11.4 Å². The van der Waals surface area contributed by atoms with Gasteiger partial charge in [0.15, 0.2) is 0 Å². The van der Waals surface area contributed by atoms with E-state index in [0.29, 0.717) is 34.3 Å². The number of carbonyl (C=O) groups excluding carboxylic acids is 2. The third-order valence-electron chi connectivity index (χ3n) is 4.26. The Balaban J connectivity index is 1.61. The predicted molar refractivity (Wildman–Crippen MR) is 99.9 cm³/mol. The number of halogens is 1. The highest BCUT2D eigenvalue weighted by atomic mass is 35.5. The number of benzene rings is 2. The van der Waals surface area contributed by atoms with Crippen LogP contribution in [-0.2, 0) is 9.59 Å². The van der Waals surface area contributed by atoms with E-state index in [0.717, 1.165) is 0 Å². The number of amides is 2. The zero-order valence-corrected chi connectivity index (χ0v) is 15.2. The predicted octanol–water partition coefficient (Wildman–Crippen LogP) is 3.57. The average molecular weight is 375 g/mol. The van der Waals surface area contributed by atoms with E-state index in [9.17, 15) is 9.59 Å². The van der Waals surface area contributed by atoms with Gasteiger partial charge < -0.3 is 20.1 Å². The number of para-hydroxylation sites is 1. The van der Waals surface area contributed by atoms with Crippen LogP contribution in [0.15, 0.2) is 42.5 Å². The molecule has 26 heavy (non-hydrogen) atoms. The highest BCUT2D eigenvalue weighted by Crippen LogP contribution is 2.41. The molecule has 2 unspecified atom stereocenters. The molecule has 2 aromatic carbocycles. The maximum atomic E-state index is 12.4. The Hall–Kier alpha value is -2.73. The summed E-state index contributed by atoms with van der Waals surface area (Å²) in [6, 6.07) is 12.1. The second-order valence-electron chi connectivity index (χ2n) is 5.97. The molecule has 1 fully saturated rings. The van der Waals surface area contributed by atoms with Crippen molar-refractivity contribution in [2.75, 3.05) is 24.9 Å². The highest BCUT2D eigenvalue weighted by Gasteiger charge is 2.48. The summed E-state index contributed by atoms with van der Waals surface area (Å²) < 4.78 is 10.4. The molecule has 2 aromatic rings. The van der Waals surface area contributed by atoms with Crippen molar-refractivity contribution < 1.29 is 19.1 Å². The molecule has 2 amide bonds. The molecule has 2 atom stereocenters. The molecule has 7 heteroatoms. The molecule has 0 spiro atoms. The molecular formula is C19H19ClN2O4. The standard InChI is InChI=1S/C19H19ClN2O4/c1-25-11-7-8-16(17(9-11)26-2)22-19(24)13-10-12(13)18(23)21-15-6-4-3-5-14(15)20/h3-9,12-13H,10H2,1-2H3,(H,21,23)(H,22,24). The third-order valence-corrected chi connectivity index (χ3v) is 4.59. The number of ether oxygens (including phenoxy) is 2. The van der Waals surface area contributed by atoms with Crippen LogP contribution in [0, 0.1) is 11.8 Å². The van der Waals surface area contributed by atoms with E-state index in [4.69, 9.17) is 21.1 Å². The lowest BCUT2D eigenvalue weighted by atomic mass is 10.2. The minimum Gasteiger partial charge on any atom is -0.497 e. The van der Waals surface area contributed by atoms with E-state index >= 15 is 0 Å². The largest absolute Gasteiger partial charge is 0.497 e. The first-order valence-corrected chi connectivity index (χ1v) is 8.49. The molecule has 1 aliphatic rings. The summed E-state index contributed by atoms with van der Waals surface area (Å²) in [4.78, 5) is 24.7. The summed E-state index contributed by atoms with van der Waals surface area (Å²) in [6.45, 7) is 0. The summed E-state index contributed by atoms with van der Waals surface area (Å²) >= 11 is 6.04. The van der Waals surface area contributed by atoms with Gasteiger partial charge in [0.2, 0.25) is 11.8 Å². The fraction of sp³-hybridized carbons (Fsp3) is 0.263. The van der Waals surface area contributed by atoms with E-state index in [2.05, 4.69) is 10.6 Å². The van der Waals surface area contributed by atoms with Gasteiger partial charge in [-0.25, -0.2) is 0 Å². The van der Waals surface area contributed by atoms with Gasteiger partial charge in [0.1, 0.15) is 11.5 Å². The van der Waals surface area contributed by atoms with Crippen molar-refractivity contribution >= 4 is 34.8 Å².